The second-order valence-corrected chi connectivity index (χ2v) is 16.8. The van der Waals surface area contributed by atoms with E-state index in [1.807, 2.05) is 11.3 Å². The van der Waals surface area contributed by atoms with Gasteiger partial charge in [0.05, 0.1) is 16.7 Å². The van der Waals surface area contributed by atoms with Gasteiger partial charge in [-0.15, -0.1) is 11.3 Å². The molecule has 2 heterocycles. The maximum atomic E-state index is 2.41. The molecule has 0 amide bonds. The van der Waals surface area contributed by atoms with E-state index in [2.05, 4.69) is 240 Å². The van der Waals surface area contributed by atoms with E-state index < -0.39 is 0 Å². The molecule has 2 aromatic heterocycles. The summed E-state index contributed by atoms with van der Waals surface area (Å²) in [6.07, 6.45) is 0. The zero-order valence-electron chi connectivity index (χ0n) is 33.2. The predicted octanol–water partition coefficient (Wildman–Crippen LogP) is 16.8. The third kappa shape index (κ3) is 6.01. The quantitative estimate of drug-likeness (QED) is 0.156. The smallest absolute Gasteiger partial charge is 0.0547 e. The number of hydrogen-bond acceptors (Lipinski definition) is 2. The SMILES string of the molecule is c1ccc(-n2c3ccccc3c3ccc(-c4ccc(N(c5ccc(-c6ccc7sc8ccccc8c7c6)cc5)c5ccccc5-c5cccc6ccccc56)cc4)cc32)cc1. The third-order valence-corrected chi connectivity index (χ3v) is 13.4. The molecule has 0 saturated heterocycles. The summed E-state index contributed by atoms with van der Waals surface area (Å²) in [7, 11) is 0. The molecule has 0 atom stereocenters. The van der Waals surface area contributed by atoms with Gasteiger partial charge in [0.15, 0.2) is 0 Å². The number of benzene rings is 10. The first-order chi connectivity index (χ1) is 30.2. The van der Waals surface area contributed by atoms with E-state index in [0.29, 0.717) is 0 Å². The van der Waals surface area contributed by atoms with Crippen molar-refractivity contribution in [3.8, 4) is 39.1 Å². The molecule has 61 heavy (non-hydrogen) atoms. The topological polar surface area (TPSA) is 8.17 Å². The number of fused-ring (bicyclic) bond motifs is 7. The molecule has 10 aromatic carbocycles. The van der Waals surface area contributed by atoms with Crippen LogP contribution in [-0.4, -0.2) is 4.57 Å². The van der Waals surface area contributed by atoms with Gasteiger partial charge in [-0.3, -0.25) is 0 Å². The largest absolute Gasteiger partial charge is 0.310 e. The van der Waals surface area contributed by atoms with Crippen molar-refractivity contribution in [2.24, 2.45) is 0 Å². The fourth-order valence-corrected chi connectivity index (χ4v) is 10.4. The minimum Gasteiger partial charge on any atom is -0.310 e. The lowest BCUT2D eigenvalue weighted by Gasteiger charge is -2.28. The summed E-state index contributed by atoms with van der Waals surface area (Å²) in [4.78, 5) is 2.41. The first kappa shape index (κ1) is 35.2. The number of nitrogens with zero attached hydrogens (tertiary/aromatic N) is 2. The highest BCUT2D eigenvalue weighted by Gasteiger charge is 2.20. The maximum Gasteiger partial charge on any atom is 0.0547 e. The van der Waals surface area contributed by atoms with Gasteiger partial charge in [-0.2, -0.15) is 0 Å². The van der Waals surface area contributed by atoms with Crippen LogP contribution in [0, 0.1) is 0 Å². The van der Waals surface area contributed by atoms with Crippen LogP contribution in [0.25, 0.3) is 91.8 Å². The van der Waals surface area contributed by atoms with Crippen LogP contribution in [0.4, 0.5) is 17.1 Å². The van der Waals surface area contributed by atoms with Crippen LogP contribution in [0.2, 0.25) is 0 Å². The summed E-state index contributed by atoms with van der Waals surface area (Å²) >= 11 is 1.86. The van der Waals surface area contributed by atoms with E-state index in [1.54, 1.807) is 0 Å². The number of para-hydroxylation sites is 3. The molecule has 12 aromatic rings. The zero-order chi connectivity index (χ0) is 40.3. The van der Waals surface area contributed by atoms with Gasteiger partial charge in [-0.25, -0.2) is 0 Å². The summed E-state index contributed by atoms with van der Waals surface area (Å²) < 4.78 is 5.03. The molecule has 2 nitrogen and oxygen atoms in total. The normalized spacial score (nSPS) is 11.6. The average molecular weight is 795 g/mol. The molecule has 0 fully saturated rings. The van der Waals surface area contributed by atoms with E-state index in [9.17, 15) is 0 Å². The lowest BCUT2D eigenvalue weighted by Crippen LogP contribution is -2.11. The monoisotopic (exact) mass is 794 g/mol. The maximum absolute atomic E-state index is 2.41. The van der Waals surface area contributed by atoms with Crippen molar-refractivity contribution in [2.45, 2.75) is 0 Å². The molecule has 0 saturated carbocycles. The molecule has 12 rings (SSSR count). The van der Waals surface area contributed by atoms with Crippen molar-refractivity contribution in [2.75, 3.05) is 4.90 Å². The molecule has 0 aliphatic carbocycles. The lowest BCUT2D eigenvalue weighted by atomic mass is 9.96. The van der Waals surface area contributed by atoms with E-state index >= 15 is 0 Å². The number of rotatable bonds is 7. The summed E-state index contributed by atoms with van der Waals surface area (Å²) in [6.45, 7) is 0. The number of hydrogen-bond donors (Lipinski definition) is 0. The van der Waals surface area contributed by atoms with E-state index in [-0.39, 0.29) is 0 Å². The van der Waals surface area contributed by atoms with E-state index in [1.165, 1.54) is 86.1 Å². The lowest BCUT2D eigenvalue weighted by molar-refractivity contribution is 1.18. The van der Waals surface area contributed by atoms with Gasteiger partial charge in [0.25, 0.3) is 0 Å². The Morgan fingerprint density at radius 2 is 0.885 bits per heavy atom. The summed E-state index contributed by atoms with van der Waals surface area (Å²) in [5.74, 6) is 0. The highest BCUT2D eigenvalue weighted by molar-refractivity contribution is 7.25. The number of aromatic nitrogens is 1. The van der Waals surface area contributed by atoms with Crippen molar-refractivity contribution in [1.29, 1.82) is 0 Å². The van der Waals surface area contributed by atoms with Gasteiger partial charge in [0, 0.05) is 53.6 Å². The van der Waals surface area contributed by atoms with Gasteiger partial charge in [-0.05, 0) is 111 Å². The Bertz CT molecular complexity index is 3570. The third-order valence-electron chi connectivity index (χ3n) is 12.2. The van der Waals surface area contributed by atoms with Crippen LogP contribution >= 0.6 is 11.3 Å². The molecule has 0 aliphatic rings. The second-order valence-electron chi connectivity index (χ2n) is 15.7. The van der Waals surface area contributed by atoms with Crippen LogP contribution in [0.1, 0.15) is 0 Å². The Morgan fingerprint density at radius 1 is 0.328 bits per heavy atom. The Balaban J connectivity index is 0.981. The van der Waals surface area contributed by atoms with Crippen molar-refractivity contribution < 1.29 is 0 Å². The molecule has 0 unspecified atom stereocenters. The van der Waals surface area contributed by atoms with Crippen LogP contribution in [-0.2, 0) is 0 Å². The Hall–Kier alpha value is -7.72. The van der Waals surface area contributed by atoms with Crippen molar-refractivity contribution in [1.82, 2.24) is 4.57 Å². The standard InChI is InChI=1S/C58H38N2S/c1-2-15-44(16-3-1)60-55-23-10-7-19-50(55)51-35-29-43(38-56(51)60)40-27-33-46(34-28-40)59(54-22-9-6-18-49(54)48-21-12-14-41-13-4-5-17-47(41)48)45-31-25-39(26-32-45)42-30-36-58-53(37-42)52-20-8-11-24-57(52)61-58/h1-38H. The molecule has 0 N–H and O–H groups in total. The highest BCUT2D eigenvalue weighted by Crippen LogP contribution is 2.44. The van der Waals surface area contributed by atoms with Crippen LogP contribution < -0.4 is 4.90 Å². The van der Waals surface area contributed by atoms with Gasteiger partial charge in [0.2, 0.25) is 0 Å². The summed E-state index contributed by atoms with van der Waals surface area (Å²) in [6, 6.07) is 84.2. The molecule has 286 valence electrons. The van der Waals surface area contributed by atoms with E-state index in [4.69, 9.17) is 0 Å². The van der Waals surface area contributed by atoms with Gasteiger partial charge < -0.3 is 9.47 Å². The first-order valence-corrected chi connectivity index (χ1v) is 21.6. The zero-order valence-corrected chi connectivity index (χ0v) is 34.1. The minimum atomic E-state index is 1.09. The van der Waals surface area contributed by atoms with E-state index in [0.717, 1.165) is 22.7 Å². The van der Waals surface area contributed by atoms with Crippen molar-refractivity contribution in [3.05, 3.63) is 231 Å². The summed E-state index contributed by atoms with van der Waals surface area (Å²) in [5, 5.41) is 7.61. The average Bonchev–Trinajstić information content (AvgIpc) is 3.87. The van der Waals surface area contributed by atoms with Gasteiger partial charge in [0.1, 0.15) is 0 Å². The predicted molar refractivity (Wildman–Crippen MR) is 262 cm³/mol. The van der Waals surface area contributed by atoms with Crippen molar-refractivity contribution in [3.63, 3.8) is 0 Å². The fraction of sp³-hybridized carbons (Fsp3) is 0. The van der Waals surface area contributed by atoms with Gasteiger partial charge >= 0.3 is 0 Å². The first-order valence-electron chi connectivity index (χ1n) is 20.8. The Morgan fingerprint density at radius 3 is 1.69 bits per heavy atom. The minimum absolute atomic E-state index is 1.09. The Kier molecular flexibility index (Phi) is 8.39. The molecule has 0 spiro atoms. The molecule has 0 bridgehead atoms. The fourth-order valence-electron chi connectivity index (χ4n) is 9.30. The number of anilines is 3. The molecular weight excluding hydrogens is 757 g/mol. The Labute approximate surface area is 358 Å². The van der Waals surface area contributed by atoms with Crippen LogP contribution in [0.3, 0.4) is 0 Å². The summed E-state index contributed by atoms with van der Waals surface area (Å²) in [5.41, 5.74) is 14.1. The molecular formula is C58H38N2S. The van der Waals surface area contributed by atoms with Crippen LogP contribution in [0.5, 0.6) is 0 Å². The number of thiophene rings is 1. The highest BCUT2D eigenvalue weighted by atomic mass is 32.1. The molecule has 0 radical (unpaired) electrons. The molecule has 3 heteroatoms. The van der Waals surface area contributed by atoms with Crippen LogP contribution in [0.15, 0.2) is 231 Å². The second kappa shape index (κ2) is 14.5. The van der Waals surface area contributed by atoms with Gasteiger partial charge in [-0.1, -0.05) is 158 Å². The van der Waals surface area contributed by atoms with Crippen molar-refractivity contribution >= 4 is 81.1 Å². The molecule has 0 aliphatic heterocycles.